The van der Waals surface area contributed by atoms with Crippen LogP contribution in [0.4, 0.5) is 0 Å². The van der Waals surface area contributed by atoms with E-state index in [2.05, 4.69) is 10.6 Å². The molecule has 0 spiro atoms. The van der Waals surface area contributed by atoms with Crippen molar-refractivity contribution in [2.75, 3.05) is 12.0 Å². The van der Waals surface area contributed by atoms with Crippen LogP contribution in [-0.4, -0.2) is 35.9 Å². The summed E-state index contributed by atoms with van der Waals surface area (Å²) in [5.41, 5.74) is 1.61. The summed E-state index contributed by atoms with van der Waals surface area (Å²) in [5.74, 6) is 0.494. The molecule has 0 aromatic heterocycles. The first-order valence-corrected chi connectivity index (χ1v) is 8.50. The van der Waals surface area contributed by atoms with Gasteiger partial charge in [0.05, 0.1) is 0 Å². The molecule has 2 amide bonds. The molecule has 1 aromatic rings. The molecule has 0 saturated heterocycles. The lowest BCUT2D eigenvalue weighted by Crippen LogP contribution is -2.48. The highest BCUT2D eigenvalue weighted by atomic mass is 32.2. The predicted octanol–water partition coefficient (Wildman–Crippen LogP) is 2.37. The maximum absolute atomic E-state index is 12.3. The topological polar surface area (TPSA) is 58.2 Å². The molecule has 1 unspecified atom stereocenters. The van der Waals surface area contributed by atoms with Crippen LogP contribution in [0.25, 0.3) is 0 Å². The second-order valence-corrected chi connectivity index (χ2v) is 6.33. The van der Waals surface area contributed by atoms with Gasteiger partial charge in [0.25, 0.3) is 5.91 Å². The summed E-state index contributed by atoms with van der Waals surface area (Å²) in [4.78, 5) is 24.4. The van der Waals surface area contributed by atoms with Crippen molar-refractivity contribution < 1.29 is 9.59 Å². The SMILES string of the molecule is CSCCC(NC(=O)c1cccc(C)c1)C(=O)NC(C)C. The number of nitrogens with one attached hydrogen (secondary N) is 2. The highest BCUT2D eigenvalue weighted by molar-refractivity contribution is 7.98. The molecule has 0 fully saturated rings. The third-order valence-electron chi connectivity index (χ3n) is 2.94. The molecule has 1 rings (SSSR count). The minimum absolute atomic E-state index is 0.0603. The maximum Gasteiger partial charge on any atom is 0.251 e. The zero-order chi connectivity index (χ0) is 15.8. The van der Waals surface area contributed by atoms with E-state index in [4.69, 9.17) is 0 Å². The van der Waals surface area contributed by atoms with Crippen LogP contribution >= 0.6 is 11.8 Å². The van der Waals surface area contributed by atoms with E-state index in [-0.39, 0.29) is 17.9 Å². The molecule has 1 aromatic carbocycles. The van der Waals surface area contributed by atoms with E-state index in [1.807, 2.05) is 45.2 Å². The molecule has 5 heteroatoms. The Morgan fingerprint density at radius 3 is 2.52 bits per heavy atom. The Balaban J connectivity index is 2.75. The molecule has 0 radical (unpaired) electrons. The van der Waals surface area contributed by atoms with Gasteiger partial charge in [-0.1, -0.05) is 17.7 Å². The normalized spacial score (nSPS) is 12.0. The number of hydrogen-bond donors (Lipinski definition) is 2. The Kier molecular flexibility index (Phi) is 7.29. The van der Waals surface area contributed by atoms with Gasteiger partial charge in [0.1, 0.15) is 6.04 Å². The fraction of sp³-hybridized carbons (Fsp3) is 0.500. The smallest absolute Gasteiger partial charge is 0.251 e. The summed E-state index contributed by atoms with van der Waals surface area (Å²) in [5, 5.41) is 5.69. The van der Waals surface area contributed by atoms with E-state index in [0.717, 1.165) is 11.3 Å². The molecule has 0 aliphatic heterocycles. The van der Waals surface area contributed by atoms with E-state index < -0.39 is 6.04 Å². The van der Waals surface area contributed by atoms with Gasteiger partial charge >= 0.3 is 0 Å². The van der Waals surface area contributed by atoms with Crippen molar-refractivity contribution in [1.82, 2.24) is 10.6 Å². The van der Waals surface area contributed by atoms with Crippen LogP contribution in [0.1, 0.15) is 36.2 Å². The Morgan fingerprint density at radius 2 is 1.95 bits per heavy atom. The number of hydrogen-bond acceptors (Lipinski definition) is 3. The fourth-order valence-electron chi connectivity index (χ4n) is 1.92. The molecule has 0 heterocycles. The first-order valence-electron chi connectivity index (χ1n) is 7.11. The number of aryl methyl sites for hydroxylation is 1. The first-order chi connectivity index (χ1) is 9.93. The van der Waals surface area contributed by atoms with Crippen molar-refractivity contribution in [3.63, 3.8) is 0 Å². The van der Waals surface area contributed by atoms with Crippen LogP contribution in [-0.2, 0) is 4.79 Å². The second-order valence-electron chi connectivity index (χ2n) is 5.34. The number of rotatable bonds is 7. The van der Waals surface area contributed by atoms with E-state index in [0.29, 0.717) is 12.0 Å². The van der Waals surface area contributed by atoms with E-state index in [1.54, 1.807) is 17.8 Å². The van der Waals surface area contributed by atoms with Gasteiger partial charge in [-0.25, -0.2) is 0 Å². The lowest BCUT2D eigenvalue weighted by atomic mass is 10.1. The molecule has 0 saturated carbocycles. The van der Waals surface area contributed by atoms with Crippen LogP contribution in [0.3, 0.4) is 0 Å². The minimum atomic E-state index is -0.493. The van der Waals surface area contributed by atoms with Crippen molar-refractivity contribution in [1.29, 1.82) is 0 Å². The van der Waals surface area contributed by atoms with Crippen molar-refractivity contribution in [2.24, 2.45) is 0 Å². The zero-order valence-corrected chi connectivity index (χ0v) is 13.9. The van der Waals surface area contributed by atoms with E-state index in [1.165, 1.54) is 0 Å². The summed E-state index contributed by atoms with van der Waals surface area (Å²) in [6.45, 7) is 5.76. The van der Waals surface area contributed by atoms with Crippen LogP contribution < -0.4 is 10.6 Å². The maximum atomic E-state index is 12.3. The summed E-state index contributed by atoms with van der Waals surface area (Å²) >= 11 is 1.66. The van der Waals surface area contributed by atoms with Crippen molar-refractivity contribution >= 4 is 23.6 Å². The van der Waals surface area contributed by atoms with Gasteiger partial charge in [0, 0.05) is 11.6 Å². The minimum Gasteiger partial charge on any atom is -0.352 e. The second kappa shape index (κ2) is 8.72. The third-order valence-corrected chi connectivity index (χ3v) is 3.59. The fourth-order valence-corrected chi connectivity index (χ4v) is 2.39. The van der Waals surface area contributed by atoms with Crippen LogP contribution in [0.15, 0.2) is 24.3 Å². The molecule has 0 aliphatic carbocycles. The molecule has 0 aliphatic rings. The average Bonchev–Trinajstić information content (AvgIpc) is 2.42. The molecule has 2 N–H and O–H groups in total. The largest absolute Gasteiger partial charge is 0.352 e. The van der Waals surface area contributed by atoms with E-state index in [9.17, 15) is 9.59 Å². The van der Waals surface area contributed by atoms with Gasteiger partial charge in [0.2, 0.25) is 5.91 Å². The highest BCUT2D eigenvalue weighted by Gasteiger charge is 2.21. The zero-order valence-electron chi connectivity index (χ0n) is 13.1. The number of thioether (sulfide) groups is 1. The first kappa shape index (κ1) is 17.6. The Hall–Kier alpha value is -1.49. The average molecular weight is 308 g/mol. The van der Waals surface area contributed by atoms with Gasteiger partial charge in [-0.05, 0) is 51.3 Å². The van der Waals surface area contributed by atoms with E-state index >= 15 is 0 Å². The summed E-state index contributed by atoms with van der Waals surface area (Å²) in [6.07, 6.45) is 2.61. The molecular formula is C16H24N2O2S. The highest BCUT2D eigenvalue weighted by Crippen LogP contribution is 2.06. The molecule has 4 nitrogen and oxygen atoms in total. The number of benzene rings is 1. The lowest BCUT2D eigenvalue weighted by molar-refractivity contribution is -0.123. The van der Waals surface area contributed by atoms with Crippen LogP contribution in [0.5, 0.6) is 0 Å². The standard InChI is InChI=1S/C16H24N2O2S/c1-11(2)17-16(20)14(8-9-21-4)18-15(19)13-7-5-6-12(3)10-13/h5-7,10-11,14H,8-9H2,1-4H3,(H,17,20)(H,18,19). The molecule has 1 atom stereocenters. The van der Waals surface area contributed by atoms with Gasteiger partial charge in [-0.2, -0.15) is 11.8 Å². The Bertz CT molecular complexity index is 489. The molecular weight excluding hydrogens is 284 g/mol. The van der Waals surface area contributed by atoms with Crippen molar-refractivity contribution in [3.05, 3.63) is 35.4 Å². The molecule has 21 heavy (non-hydrogen) atoms. The Morgan fingerprint density at radius 1 is 1.24 bits per heavy atom. The number of carbonyl (C=O) groups is 2. The molecule has 0 bridgehead atoms. The third kappa shape index (κ3) is 6.21. The lowest BCUT2D eigenvalue weighted by Gasteiger charge is -2.19. The molecule has 116 valence electrons. The van der Waals surface area contributed by atoms with Crippen molar-refractivity contribution in [2.45, 2.75) is 39.3 Å². The quantitative estimate of drug-likeness (QED) is 0.813. The summed E-state index contributed by atoms with van der Waals surface area (Å²) < 4.78 is 0. The predicted molar refractivity (Wildman–Crippen MR) is 88.7 cm³/mol. The monoisotopic (exact) mass is 308 g/mol. The summed E-state index contributed by atoms with van der Waals surface area (Å²) in [7, 11) is 0. The van der Waals surface area contributed by atoms with Crippen LogP contribution in [0.2, 0.25) is 0 Å². The van der Waals surface area contributed by atoms with Gasteiger partial charge in [-0.3, -0.25) is 9.59 Å². The number of amides is 2. The number of carbonyl (C=O) groups excluding carboxylic acids is 2. The van der Waals surface area contributed by atoms with Crippen molar-refractivity contribution in [3.8, 4) is 0 Å². The van der Waals surface area contributed by atoms with Gasteiger partial charge in [-0.15, -0.1) is 0 Å². The van der Waals surface area contributed by atoms with Gasteiger partial charge in [0.15, 0.2) is 0 Å². The van der Waals surface area contributed by atoms with Crippen LogP contribution in [0, 0.1) is 6.92 Å². The Labute approximate surface area is 131 Å². The summed E-state index contributed by atoms with van der Waals surface area (Å²) in [6, 6.07) is 6.93. The van der Waals surface area contributed by atoms with Gasteiger partial charge < -0.3 is 10.6 Å².